The zero-order valence-electron chi connectivity index (χ0n) is 12.3. The molecule has 1 N–H and O–H groups in total. The maximum Gasteiger partial charge on any atom is 0.00980 e. The SMILES string of the molecule is CC1CCCCC1CNC1CC(C)(C)CC1C. The highest BCUT2D eigenvalue weighted by atomic mass is 14.9. The molecule has 0 aromatic heterocycles. The zero-order valence-corrected chi connectivity index (χ0v) is 12.3. The van der Waals surface area contributed by atoms with Crippen LogP contribution in [0, 0.1) is 23.2 Å². The minimum absolute atomic E-state index is 0.565. The van der Waals surface area contributed by atoms with Crippen LogP contribution >= 0.6 is 0 Å². The molecule has 2 saturated carbocycles. The van der Waals surface area contributed by atoms with Crippen molar-refractivity contribution in [2.75, 3.05) is 6.54 Å². The second kappa shape index (κ2) is 5.30. The molecule has 0 spiro atoms. The third-order valence-electron chi connectivity index (χ3n) is 5.27. The summed E-state index contributed by atoms with van der Waals surface area (Å²) in [6.45, 7) is 11.0. The molecule has 0 amide bonds. The van der Waals surface area contributed by atoms with Crippen molar-refractivity contribution in [2.45, 2.75) is 72.3 Å². The van der Waals surface area contributed by atoms with E-state index in [0.29, 0.717) is 5.41 Å². The number of hydrogen-bond acceptors (Lipinski definition) is 1. The van der Waals surface area contributed by atoms with Crippen LogP contribution in [0.2, 0.25) is 0 Å². The van der Waals surface area contributed by atoms with Gasteiger partial charge in [0.15, 0.2) is 0 Å². The van der Waals surface area contributed by atoms with Crippen LogP contribution in [0.25, 0.3) is 0 Å². The lowest BCUT2D eigenvalue weighted by molar-refractivity contribution is 0.234. The van der Waals surface area contributed by atoms with Crippen LogP contribution in [0.3, 0.4) is 0 Å². The molecule has 2 aliphatic carbocycles. The second-order valence-corrected chi connectivity index (χ2v) is 7.59. The fraction of sp³-hybridized carbons (Fsp3) is 1.00. The Balaban J connectivity index is 1.78. The highest BCUT2D eigenvalue weighted by Crippen LogP contribution is 2.41. The molecule has 2 rings (SSSR count). The van der Waals surface area contributed by atoms with Crippen molar-refractivity contribution in [3.63, 3.8) is 0 Å². The van der Waals surface area contributed by atoms with Gasteiger partial charge in [-0.1, -0.05) is 47.0 Å². The third kappa shape index (κ3) is 3.47. The first-order valence-corrected chi connectivity index (χ1v) is 7.71. The molecular formula is C16H31N. The molecule has 1 nitrogen and oxygen atoms in total. The molecule has 0 aromatic carbocycles. The number of nitrogens with one attached hydrogen (secondary N) is 1. The van der Waals surface area contributed by atoms with Crippen LogP contribution in [-0.2, 0) is 0 Å². The minimum atomic E-state index is 0.565. The first-order valence-electron chi connectivity index (χ1n) is 7.71. The van der Waals surface area contributed by atoms with Gasteiger partial charge in [0.05, 0.1) is 0 Å². The Labute approximate surface area is 108 Å². The molecular weight excluding hydrogens is 206 g/mol. The van der Waals surface area contributed by atoms with E-state index in [1.54, 1.807) is 0 Å². The molecule has 100 valence electrons. The van der Waals surface area contributed by atoms with Gasteiger partial charge in [-0.3, -0.25) is 0 Å². The monoisotopic (exact) mass is 237 g/mol. The van der Waals surface area contributed by atoms with E-state index < -0.39 is 0 Å². The molecule has 4 atom stereocenters. The largest absolute Gasteiger partial charge is 0.313 e. The van der Waals surface area contributed by atoms with E-state index in [4.69, 9.17) is 0 Å². The fourth-order valence-corrected chi connectivity index (χ4v) is 4.17. The van der Waals surface area contributed by atoms with Gasteiger partial charge in [-0.25, -0.2) is 0 Å². The van der Waals surface area contributed by atoms with E-state index in [1.165, 1.54) is 45.1 Å². The fourth-order valence-electron chi connectivity index (χ4n) is 4.17. The van der Waals surface area contributed by atoms with Gasteiger partial charge in [-0.2, -0.15) is 0 Å². The Kier molecular flexibility index (Phi) is 4.18. The van der Waals surface area contributed by atoms with Crippen LogP contribution in [0.4, 0.5) is 0 Å². The van der Waals surface area contributed by atoms with Gasteiger partial charge in [-0.05, 0) is 49.0 Å². The summed E-state index contributed by atoms with van der Waals surface area (Å²) < 4.78 is 0. The van der Waals surface area contributed by atoms with E-state index in [-0.39, 0.29) is 0 Å². The van der Waals surface area contributed by atoms with Gasteiger partial charge < -0.3 is 5.32 Å². The predicted octanol–water partition coefficient (Wildman–Crippen LogP) is 4.23. The summed E-state index contributed by atoms with van der Waals surface area (Å²) in [6, 6.07) is 0.777. The lowest BCUT2D eigenvalue weighted by atomic mass is 9.80. The lowest BCUT2D eigenvalue weighted by Crippen LogP contribution is -2.38. The Bertz CT molecular complexity index is 246. The first-order chi connectivity index (χ1) is 7.98. The van der Waals surface area contributed by atoms with Gasteiger partial charge in [0.25, 0.3) is 0 Å². The Morgan fingerprint density at radius 3 is 2.29 bits per heavy atom. The lowest BCUT2D eigenvalue weighted by Gasteiger charge is -2.31. The molecule has 0 aromatic rings. The molecule has 0 bridgehead atoms. The molecule has 2 aliphatic rings. The zero-order chi connectivity index (χ0) is 12.5. The maximum atomic E-state index is 3.89. The Morgan fingerprint density at radius 1 is 1.00 bits per heavy atom. The highest BCUT2D eigenvalue weighted by Gasteiger charge is 2.36. The Hall–Kier alpha value is -0.0400. The third-order valence-corrected chi connectivity index (χ3v) is 5.27. The minimum Gasteiger partial charge on any atom is -0.313 e. The smallest absolute Gasteiger partial charge is 0.00980 e. The predicted molar refractivity (Wildman–Crippen MR) is 75.1 cm³/mol. The van der Waals surface area contributed by atoms with E-state index in [2.05, 4.69) is 33.0 Å². The van der Waals surface area contributed by atoms with Gasteiger partial charge >= 0.3 is 0 Å². The molecule has 17 heavy (non-hydrogen) atoms. The summed E-state index contributed by atoms with van der Waals surface area (Å²) in [5.74, 6) is 2.75. The van der Waals surface area contributed by atoms with Crippen molar-refractivity contribution in [1.82, 2.24) is 5.32 Å². The van der Waals surface area contributed by atoms with Crippen molar-refractivity contribution in [2.24, 2.45) is 23.2 Å². The van der Waals surface area contributed by atoms with Crippen LogP contribution in [0.15, 0.2) is 0 Å². The number of rotatable bonds is 3. The summed E-state index contributed by atoms with van der Waals surface area (Å²) in [6.07, 6.45) is 8.60. The summed E-state index contributed by atoms with van der Waals surface area (Å²) in [5, 5.41) is 3.89. The van der Waals surface area contributed by atoms with Gasteiger partial charge in [0.2, 0.25) is 0 Å². The molecule has 0 radical (unpaired) electrons. The van der Waals surface area contributed by atoms with Crippen molar-refractivity contribution in [3.8, 4) is 0 Å². The standard InChI is InChI=1S/C16H31N/c1-12-7-5-6-8-14(12)11-17-15-10-16(3,4)9-13(15)2/h12-15,17H,5-11H2,1-4H3. The molecule has 0 aliphatic heterocycles. The Morgan fingerprint density at radius 2 is 1.71 bits per heavy atom. The van der Waals surface area contributed by atoms with E-state index in [0.717, 1.165) is 23.8 Å². The quantitative estimate of drug-likeness (QED) is 0.774. The molecule has 0 heterocycles. The molecule has 4 unspecified atom stereocenters. The summed E-state index contributed by atoms with van der Waals surface area (Å²) in [5.41, 5.74) is 0.565. The maximum absolute atomic E-state index is 3.89. The molecule has 2 fully saturated rings. The number of hydrogen-bond donors (Lipinski definition) is 1. The highest BCUT2D eigenvalue weighted by molar-refractivity contribution is 4.91. The molecule has 1 heteroatoms. The van der Waals surface area contributed by atoms with Crippen molar-refractivity contribution in [3.05, 3.63) is 0 Å². The van der Waals surface area contributed by atoms with Gasteiger partial charge in [0, 0.05) is 6.04 Å². The normalized spacial score (nSPS) is 41.6. The van der Waals surface area contributed by atoms with E-state index in [9.17, 15) is 0 Å². The summed E-state index contributed by atoms with van der Waals surface area (Å²) >= 11 is 0. The van der Waals surface area contributed by atoms with Crippen molar-refractivity contribution in [1.29, 1.82) is 0 Å². The second-order valence-electron chi connectivity index (χ2n) is 7.59. The average Bonchev–Trinajstić information content (AvgIpc) is 2.51. The van der Waals surface area contributed by atoms with Gasteiger partial charge in [-0.15, -0.1) is 0 Å². The van der Waals surface area contributed by atoms with Crippen LogP contribution < -0.4 is 5.32 Å². The first kappa shape index (κ1) is 13.4. The van der Waals surface area contributed by atoms with Crippen LogP contribution in [0.1, 0.15) is 66.2 Å². The van der Waals surface area contributed by atoms with Crippen LogP contribution in [-0.4, -0.2) is 12.6 Å². The topological polar surface area (TPSA) is 12.0 Å². The summed E-state index contributed by atoms with van der Waals surface area (Å²) in [4.78, 5) is 0. The molecule has 0 saturated heterocycles. The van der Waals surface area contributed by atoms with E-state index in [1.807, 2.05) is 0 Å². The average molecular weight is 237 g/mol. The van der Waals surface area contributed by atoms with Crippen molar-refractivity contribution >= 4 is 0 Å². The van der Waals surface area contributed by atoms with Crippen LogP contribution in [0.5, 0.6) is 0 Å². The van der Waals surface area contributed by atoms with Crippen molar-refractivity contribution < 1.29 is 0 Å². The summed E-state index contributed by atoms with van der Waals surface area (Å²) in [7, 11) is 0. The van der Waals surface area contributed by atoms with E-state index >= 15 is 0 Å². The van der Waals surface area contributed by atoms with Gasteiger partial charge in [0.1, 0.15) is 0 Å².